The molecule has 0 atom stereocenters. The highest BCUT2D eigenvalue weighted by Crippen LogP contribution is 2.29. The summed E-state index contributed by atoms with van der Waals surface area (Å²) >= 11 is 3.43. The molecule has 0 amide bonds. The number of likely N-dealkylation sites (N-methyl/N-ethyl adjacent to an activating group) is 1. The van der Waals surface area contributed by atoms with E-state index in [1.54, 1.807) is 0 Å². The first-order chi connectivity index (χ1) is 13.9. The molecular formula is C21H24BrN5O2. The van der Waals surface area contributed by atoms with Gasteiger partial charge < -0.3 is 14.3 Å². The molecule has 1 saturated heterocycles. The number of H-pyrrole nitrogens is 1. The lowest BCUT2D eigenvalue weighted by Crippen LogP contribution is -2.43. The van der Waals surface area contributed by atoms with Crippen LogP contribution in [-0.2, 0) is 6.54 Å². The Kier molecular flexibility index (Phi) is 5.67. The quantitative estimate of drug-likeness (QED) is 0.591. The van der Waals surface area contributed by atoms with Crippen molar-refractivity contribution in [2.75, 3.05) is 33.2 Å². The first-order valence-electron chi connectivity index (χ1n) is 9.65. The third-order valence-corrected chi connectivity index (χ3v) is 5.88. The maximum absolute atomic E-state index is 13.1. The van der Waals surface area contributed by atoms with Gasteiger partial charge in [-0.2, -0.15) is 0 Å². The number of aryl methyl sites for hydroxylation is 1. The van der Waals surface area contributed by atoms with Gasteiger partial charge in [-0.1, -0.05) is 28.1 Å². The molecular weight excluding hydrogens is 434 g/mol. The van der Waals surface area contributed by atoms with Crippen molar-refractivity contribution >= 4 is 21.7 Å². The van der Waals surface area contributed by atoms with Crippen LogP contribution >= 0.6 is 15.9 Å². The second-order valence-corrected chi connectivity index (χ2v) is 8.46. The van der Waals surface area contributed by atoms with Crippen molar-refractivity contribution in [3.05, 3.63) is 57.0 Å². The monoisotopic (exact) mass is 457 g/mol. The van der Waals surface area contributed by atoms with Gasteiger partial charge in [0.25, 0.3) is 5.89 Å². The van der Waals surface area contributed by atoms with E-state index in [0.29, 0.717) is 35.1 Å². The summed E-state index contributed by atoms with van der Waals surface area (Å²) in [5.41, 5.74) is 3.61. The molecule has 1 aliphatic rings. The number of hydrogen-bond acceptors (Lipinski definition) is 6. The maximum atomic E-state index is 13.1. The highest BCUT2D eigenvalue weighted by molar-refractivity contribution is 9.10. The van der Waals surface area contributed by atoms with E-state index in [0.717, 1.165) is 41.9 Å². The molecule has 1 aromatic carbocycles. The molecule has 0 radical (unpaired) electrons. The number of rotatable bonds is 5. The predicted molar refractivity (Wildman–Crippen MR) is 114 cm³/mol. The van der Waals surface area contributed by atoms with Crippen molar-refractivity contribution < 1.29 is 9.21 Å². The number of nitrogens with zero attached hydrogens (tertiary/aromatic N) is 4. The summed E-state index contributed by atoms with van der Waals surface area (Å²) in [4.78, 5) is 21.0. The number of ketones is 1. The minimum Gasteiger partial charge on any atom is -0.418 e. The van der Waals surface area contributed by atoms with Crippen LogP contribution in [0, 0.1) is 13.8 Å². The van der Waals surface area contributed by atoms with Crippen LogP contribution in [0.1, 0.15) is 33.1 Å². The number of aromatic amines is 1. The third-order valence-electron chi connectivity index (χ3n) is 5.39. The van der Waals surface area contributed by atoms with E-state index in [2.05, 4.69) is 48.0 Å². The summed E-state index contributed by atoms with van der Waals surface area (Å²) in [5, 5.41) is 8.44. The first kappa shape index (κ1) is 20.0. The van der Waals surface area contributed by atoms with Crippen molar-refractivity contribution in [1.29, 1.82) is 0 Å². The van der Waals surface area contributed by atoms with Gasteiger partial charge in [0.15, 0.2) is 5.78 Å². The van der Waals surface area contributed by atoms with Gasteiger partial charge in [0.2, 0.25) is 5.89 Å². The summed E-state index contributed by atoms with van der Waals surface area (Å²) in [6.07, 6.45) is 0. The topological polar surface area (TPSA) is 78.3 Å². The van der Waals surface area contributed by atoms with Crippen LogP contribution in [0.15, 0.2) is 33.2 Å². The van der Waals surface area contributed by atoms with Crippen molar-refractivity contribution in [2.45, 2.75) is 20.4 Å². The zero-order valence-corrected chi connectivity index (χ0v) is 18.4. The maximum Gasteiger partial charge on any atom is 0.264 e. The molecule has 0 unspecified atom stereocenters. The van der Waals surface area contributed by atoms with Crippen LogP contribution in [0.25, 0.3) is 11.6 Å². The zero-order chi connectivity index (χ0) is 20.5. The third kappa shape index (κ3) is 4.19. The Morgan fingerprint density at radius 2 is 1.97 bits per heavy atom. The van der Waals surface area contributed by atoms with Gasteiger partial charge in [-0.25, -0.2) is 0 Å². The fraction of sp³-hybridized carbons (Fsp3) is 0.381. The fourth-order valence-corrected chi connectivity index (χ4v) is 4.09. The lowest BCUT2D eigenvalue weighted by Gasteiger charge is -2.31. The van der Waals surface area contributed by atoms with E-state index in [1.165, 1.54) is 0 Å². The molecule has 1 aliphatic heterocycles. The Bertz CT molecular complexity index is 1030. The molecule has 0 spiro atoms. The Labute approximate surface area is 178 Å². The molecule has 0 bridgehead atoms. The normalized spacial score (nSPS) is 15.7. The minimum absolute atomic E-state index is 0.0269. The molecule has 29 heavy (non-hydrogen) atoms. The van der Waals surface area contributed by atoms with Crippen LogP contribution in [-0.4, -0.2) is 64.0 Å². The standard InChI is InChI=1S/C21H24BrN5O2/c1-13-18(20(28)15-5-4-6-16(22)11-15)14(2)23-19(13)21-25-24-17(29-21)12-27-9-7-26(3)8-10-27/h4-6,11,23H,7-10,12H2,1-3H3. The molecule has 0 aliphatic carbocycles. The van der Waals surface area contributed by atoms with Gasteiger partial charge in [-0.05, 0) is 38.6 Å². The van der Waals surface area contributed by atoms with Gasteiger partial charge in [-0.15, -0.1) is 10.2 Å². The fourth-order valence-electron chi connectivity index (χ4n) is 3.69. The number of piperazine rings is 1. The molecule has 4 rings (SSSR count). The average Bonchev–Trinajstić information content (AvgIpc) is 3.27. The lowest BCUT2D eigenvalue weighted by atomic mass is 10.00. The number of hydrogen-bond donors (Lipinski definition) is 1. The number of carbonyl (C=O) groups is 1. The first-order valence-corrected chi connectivity index (χ1v) is 10.4. The number of benzene rings is 1. The van der Waals surface area contributed by atoms with Gasteiger partial charge in [0.05, 0.1) is 6.54 Å². The van der Waals surface area contributed by atoms with E-state index in [4.69, 9.17) is 4.42 Å². The highest BCUT2D eigenvalue weighted by Gasteiger charge is 2.24. The van der Waals surface area contributed by atoms with E-state index >= 15 is 0 Å². The lowest BCUT2D eigenvalue weighted by molar-refractivity contribution is 0.103. The SMILES string of the molecule is Cc1[nH]c(-c2nnc(CN3CCN(C)CC3)o2)c(C)c1C(=O)c1cccc(Br)c1. The van der Waals surface area contributed by atoms with Crippen LogP contribution in [0.2, 0.25) is 0 Å². The zero-order valence-electron chi connectivity index (χ0n) is 16.8. The Morgan fingerprint density at radius 1 is 1.21 bits per heavy atom. The number of carbonyl (C=O) groups excluding carboxylic acids is 1. The molecule has 8 heteroatoms. The molecule has 2 aromatic heterocycles. The highest BCUT2D eigenvalue weighted by atomic mass is 79.9. The summed E-state index contributed by atoms with van der Waals surface area (Å²) < 4.78 is 6.80. The number of halogens is 1. The molecule has 0 saturated carbocycles. The largest absolute Gasteiger partial charge is 0.418 e. The molecule has 3 heterocycles. The van der Waals surface area contributed by atoms with E-state index in [-0.39, 0.29) is 5.78 Å². The van der Waals surface area contributed by atoms with Gasteiger partial charge in [-0.3, -0.25) is 9.69 Å². The van der Waals surface area contributed by atoms with Crippen LogP contribution < -0.4 is 0 Å². The summed E-state index contributed by atoms with van der Waals surface area (Å²) in [7, 11) is 2.13. The van der Waals surface area contributed by atoms with Crippen LogP contribution in [0.4, 0.5) is 0 Å². The molecule has 1 fully saturated rings. The molecule has 7 nitrogen and oxygen atoms in total. The van der Waals surface area contributed by atoms with Crippen molar-refractivity contribution in [2.24, 2.45) is 0 Å². The van der Waals surface area contributed by atoms with E-state index in [1.807, 2.05) is 38.1 Å². The van der Waals surface area contributed by atoms with Gasteiger partial charge in [0, 0.05) is 47.5 Å². The van der Waals surface area contributed by atoms with E-state index in [9.17, 15) is 4.79 Å². The van der Waals surface area contributed by atoms with Gasteiger partial charge >= 0.3 is 0 Å². The average molecular weight is 458 g/mol. The second kappa shape index (κ2) is 8.22. The minimum atomic E-state index is -0.0269. The summed E-state index contributed by atoms with van der Waals surface area (Å²) in [6, 6.07) is 7.41. The van der Waals surface area contributed by atoms with Crippen molar-refractivity contribution in [1.82, 2.24) is 25.0 Å². The summed E-state index contributed by atoms with van der Waals surface area (Å²) in [6.45, 7) is 8.50. The Hall–Kier alpha value is -2.29. The molecule has 3 aromatic rings. The number of aromatic nitrogens is 3. The van der Waals surface area contributed by atoms with E-state index < -0.39 is 0 Å². The Balaban J connectivity index is 1.57. The summed E-state index contributed by atoms with van der Waals surface area (Å²) in [5.74, 6) is 0.986. The predicted octanol–water partition coefficient (Wildman–Crippen LogP) is 3.42. The molecule has 1 N–H and O–H groups in total. The Morgan fingerprint density at radius 3 is 2.69 bits per heavy atom. The van der Waals surface area contributed by atoms with Crippen molar-refractivity contribution in [3.8, 4) is 11.6 Å². The second-order valence-electron chi connectivity index (χ2n) is 7.54. The van der Waals surface area contributed by atoms with Crippen LogP contribution in [0.5, 0.6) is 0 Å². The smallest absolute Gasteiger partial charge is 0.264 e. The van der Waals surface area contributed by atoms with Crippen LogP contribution in [0.3, 0.4) is 0 Å². The van der Waals surface area contributed by atoms with Crippen molar-refractivity contribution in [3.63, 3.8) is 0 Å². The molecule has 152 valence electrons. The number of nitrogens with one attached hydrogen (secondary N) is 1. The van der Waals surface area contributed by atoms with Gasteiger partial charge in [0.1, 0.15) is 5.69 Å².